The minimum atomic E-state index is -3.42. The SMILES string of the molecule is CC1CCCCN1Cc1ccccc1CNC(=O)c1cc(S(C)(=O)=O)ccc1Cl. The van der Waals surface area contributed by atoms with E-state index in [2.05, 4.69) is 23.2 Å². The van der Waals surface area contributed by atoms with Crippen molar-refractivity contribution in [3.05, 3.63) is 64.2 Å². The molecule has 0 aromatic heterocycles. The van der Waals surface area contributed by atoms with Crippen LogP contribution in [0.3, 0.4) is 0 Å². The molecule has 0 bridgehead atoms. The molecule has 0 radical (unpaired) electrons. The molecule has 0 spiro atoms. The lowest BCUT2D eigenvalue weighted by atomic mass is 10.0. The van der Waals surface area contributed by atoms with Gasteiger partial charge >= 0.3 is 0 Å². The summed E-state index contributed by atoms with van der Waals surface area (Å²) in [6.07, 6.45) is 4.82. The summed E-state index contributed by atoms with van der Waals surface area (Å²) >= 11 is 6.14. The van der Waals surface area contributed by atoms with Gasteiger partial charge in [-0.1, -0.05) is 42.3 Å². The Labute approximate surface area is 178 Å². The average Bonchev–Trinajstić information content (AvgIpc) is 2.68. The summed E-state index contributed by atoms with van der Waals surface area (Å²) in [7, 11) is -3.42. The second-order valence-corrected chi connectivity index (χ2v) is 10.1. The van der Waals surface area contributed by atoms with Crippen LogP contribution in [0.25, 0.3) is 0 Å². The van der Waals surface area contributed by atoms with Gasteiger partial charge in [-0.05, 0) is 55.6 Å². The Morgan fingerprint density at radius 3 is 2.59 bits per heavy atom. The van der Waals surface area contributed by atoms with Gasteiger partial charge in [-0.25, -0.2) is 8.42 Å². The zero-order valence-corrected chi connectivity index (χ0v) is 18.4. The number of hydrogen-bond donors (Lipinski definition) is 1. The maximum atomic E-state index is 12.7. The molecular weight excluding hydrogens is 408 g/mol. The van der Waals surface area contributed by atoms with Crippen molar-refractivity contribution in [1.82, 2.24) is 10.2 Å². The zero-order chi connectivity index (χ0) is 21.0. The van der Waals surface area contributed by atoms with Gasteiger partial charge in [-0.2, -0.15) is 0 Å². The van der Waals surface area contributed by atoms with Crippen molar-refractivity contribution in [1.29, 1.82) is 0 Å². The molecule has 29 heavy (non-hydrogen) atoms. The van der Waals surface area contributed by atoms with Crippen molar-refractivity contribution >= 4 is 27.3 Å². The molecule has 1 atom stereocenters. The Morgan fingerprint density at radius 2 is 1.90 bits per heavy atom. The van der Waals surface area contributed by atoms with Crippen LogP contribution in [-0.2, 0) is 22.9 Å². The van der Waals surface area contributed by atoms with Gasteiger partial charge < -0.3 is 5.32 Å². The van der Waals surface area contributed by atoms with Crippen molar-refractivity contribution in [2.24, 2.45) is 0 Å². The predicted octanol–water partition coefficient (Wildman–Crippen LogP) is 4.05. The van der Waals surface area contributed by atoms with Crippen LogP contribution in [0.2, 0.25) is 5.02 Å². The lowest BCUT2D eigenvalue weighted by Crippen LogP contribution is -2.37. The Kier molecular flexibility index (Phi) is 6.98. The number of piperidine rings is 1. The summed E-state index contributed by atoms with van der Waals surface area (Å²) in [4.78, 5) is 15.2. The van der Waals surface area contributed by atoms with Gasteiger partial charge in [0.1, 0.15) is 0 Å². The molecule has 7 heteroatoms. The summed E-state index contributed by atoms with van der Waals surface area (Å²) in [6.45, 7) is 4.57. The fourth-order valence-corrected chi connectivity index (χ4v) is 4.53. The number of rotatable bonds is 6. The number of carbonyl (C=O) groups excluding carboxylic acids is 1. The molecule has 1 N–H and O–H groups in total. The van der Waals surface area contributed by atoms with Crippen LogP contribution in [0.4, 0.5) is 0 Å². The van der Waals surface area contributed by atoms with Gasteiger partial charge in [-0.15, -0.1) is 0 Å². The van der Waals surface area contributed by atoms with Gasteiger partial charge in [-0.3, -0.25) is 9.69 Å². The van der Waals surface area contributed by atoms with E-state index >= 15 is 0 Å². The number of sulfone groups is 1. The highest BCUT2D eigenvalue weighted by atomic mass is 35.5. The van der Waals surface area contributed by atoms with Crippen LogP contribution < -0.4 is 5.32 Å². The predicted molar refractivity (Wildman–Crippen MR) is 116 cm³/mol. The molecule has 156 valence electrons. The zero-order valence-electron chi connectivity index (χ0n) is 16.8. The number of nitrogens with zero attached hydrogens (tertiary/aromatic N) is 1. The molecule has 1 fully saturated rings. The summed E-state index contributed by atoms with van der Waals surface area (Å²) in [5.41, 5.74) is 2.41. The standard InChI is InChI=1S/C22H27ClN2O3S/c1-16-7-5-6-12-25(16)15-18-9-4-3-8-17(18)14-24-22(26)20-13-19(29(2,27)28)10-11-21(20)23/h3-4,8-11,13,16H,5-7,12,14-15H2,1-2H3,(H,24,26). The number of nitrogens with one attached hydrogen (secondary N) is 1. The molecule has 1 aliphatic rings. The highest BCUT2D eigenvalue weighted by Gasteiger charge is 2.20. The molecule has 0 aliphatic carbocycles. The van der Waals surface area contributed by atoms with Crippen LogP contribution >= 0.6 is 11.6 Å². The topological polar surface area (TPSA) is 66.5 Å². The molecule has 1 unspecified atom stereocenters. The van der Waals surface area contributed by atoms with Crippen molar-refractivity contribution < 1.29 is 13.2 Å². The molecule has 2 aromatic carbocycles. The molecule has 0 saturated carbocycles. The Hall–Kier alpha value is -1.89. The van der Waals surface area contributed by atoms with Crippen LogP contribution in [0.15, 0.2) is 47.4 Å². The molecule has 1 aliphatic heterocycles. The van der Waals surface area contributed by atoms with Crippen LogP contribution in [0.1, 0.15) is 47.7 Å². The number of likely N-dealkylation sites (tertiary alicyclic amines) is 1. The summed E-state index contributed by atoms with van der Waals surface area (Å²) < 4.78 is 23.6. The number of halogens is 1. The second-order valence-electron chi connectivity index (χ2n) is 7.68. The van der Waals surface area contributed by atoms with E-state index in [9.17, 15) is 13.2 Å². The smallest absolute Gasteiger partial charge is 0.253 e. The van der Waals surface area contributed by atoms with E-state index in [1.54, 1.807) is 0 Å². The third kappa shape index (κ3) is 5.59. The van der Waals surface area contributed by atoms with E-state index in [0.29, 0.717) is 12.6 Å². The molecule has 1 amide bonds. The third-order valence-electron chi connectivity index (χ3n) is 5.48. The maximum Gasteiger partial charge on any atom is 0.253 e. The third-order valence-corrected chi connectivity index (χ3v) is 6.92. The monoisotopic (exact) mass is 434 g/mol. The van der Waals surface area contributed by atoms with Crippen LogP contribution in [0, 0.1) is 0 Å². The van der Waals surface area contributed by atoms with E-state index in [0.717, 1.165) is 24.9 Å². The second kappa shape index (κ2) is 9.28. The number of benzene rings is 2. The van der Waals surface area contributed by atoms with E-state index < -0.39 is 9.84 Å². The Morgan fingerprint density at radius 1 is 1.17 bits per heavy atom. The lowest BCUT2D eigenvalue weighted by molar-refractivity contribution is 0.0950. The highest BCUT2D eigenvalue weighted by molar-refractivity contribution is 7.90. The van der Waals surface area contributed by atoms with Gasteiger partial charge in [0.05, 0.1) is 15.5 Å². The first-order valence-electron chi connectivity index (χ1n) is 9.84. The average molecular weight is 435 g/mol. The van der Waals surface area contributed by atoms with Crippen molar-refractivity contribution in [3.8, 4) is 0 Å². The summed E-state index contributed by atoms with van der Waals surface area (Å²) in [5.74, 6) is -0.387. The number of carbonyl (C=O) groups is 1. The molecular formula is C22H27ClN2O3S. The summed E-state index contributed by atoms with van der Waals surface area (Å²) in [5, 5.41) is 3.11. The van der Waals surface area contributed by atoms with Gasteiger partial charge in [0.2, 0.25) is 0 Å². The van der Waals surface area contributed by atoms with E-state index in [4.69, 9.17) is 11.6 Å². The summed E-state index contributed by atoms with van der Waals surface area (Å²) in [6, 6.07) is 12.8. The largest absolute Gasteiger partial charge is 0.348 e. The molecule has 3 rings (SSSR count). The van der Waals surface area contributed by atoms with Crippen molar-refractivity contribution in [3.63, 3.8) is 0 Å². The van der Waals surface area contributed by atoms with Crippen molar-refractivity contribution in [2.45, 2.75) is 50.2 Å². The van der Waals surface area contributed by atoms with Crippen molar-refractivity contribution in [2.75, 3.05) is 12.8 Å². The first-order chi connectivity index (χ1) is 13.8. The van der Waals surface area contributed by atoms with Gasteiger partial charge in [0.25, 0.3) is 5.91 Å². The highest BCUT2D eigenvalue weighted by Crippen LogP contribution is 2.22. The molecule has 2 aromatic rings. The first kappa shape index (κ1) is 21.8. The molecule has 1 heterocycles. The normalized spacial score (nSPS) is 17.8. The minimum Gasteiger partial charge on any atom is -0.348 e. The van der Waals surface area contributed by atoms with E-state index in [1.807, 2.05) is 18.2 Å². The number of amides is 1. The molecule has 5 nitrogen and oxygen atoms in total. The first-order valence-corrected chi connectivity index (χ1v) is 12.1. The number of hydrogen-bond acceptors (Lipinski definition) is 4. The van der Waals surface area contributed by atoms with Gasteiger partial charge in [0.15, 0.2) is 9.84 Å². The maximum absolute atomic E-state index is 12.7. The fraction of sp³-hybridized carbons (Fsp3) is 0.409. The quantitative estimate of drug-likeness (QED) is 0.744. The van der Waals surface area contributed by atoms with Gasteiger partial charge in [0, 0.05) is 25.4 Å². The Bertz CT molecular complexity index is 991. The van der Waals surface area contributed by atoms with E-state index in [1.165, 1.54) is 43.0 Å². The molecule has 1 saturated heterocycles. The fourth-order valence-electron chi connectivity index (χ4n) is 3.68. The van der Waals surface area contributed by atoms with Crippen LogP contribution in [0.5, 0.6) is 0 Å². The van der Waals surface area contributed by atoms with E-state index in [-0.39, 0.29) is 21.4 Å². The minimum absolute atomic E-state index is 0.0755. The van der Waals surface area contributed by atoms with Crippen LogP contribution in [-0.4, -0.2) is 38.1 Å². The Balaban J connectivity index is 1.73. The lowest BCUT2D eigenvalue weighted by Gasteiger charge is -2.33.